The summed E-state index contributed by atoms with van der Waals surface area (Å²) in [7, 11) is 0. The van der Waals surface area contributed by atoms with Crippen molar-refractivity contribution >= 4 is 11.9 Å². The molecule has 1 N–H and O–H groups in total. The molecular formula is C14H14N2O4. The van der Waals surface area contributed by atoms with Crippen molar-refractivity contribution in [3.05, 3.63) is 47.8 Å². The van der Waals surface area contributed by atoms with Gasteiger partial charge in [-0.1, -0.05) is 13.0 Å². The van der Waals surface area contributed by atoms with Crippen molar-refractivity contribution in [2.24, 2.45) is 0 Å². The molecule has 6 heteroatoms. The summed E-state index contributed by atoms with van der Waals surface area (Å²) < 4.78 is 6.45. The van der Waals surface area contributed by atoms with Crippen LogP contribution in [0.5, 0.6) is 0 Å². The number of hydrogen-bond acceptors (Lipinski definition) is 4. The maximum atomic E-state index is 11.8. The first-order valence-electron chi connectivity index (χ1n) is 6.17. The number of rotatable bonds is 5. The fourth-order valence-corrected chi connectivity index (χ4v) is 1.63. The van der Waals surface area contributed by atoms with E-state index < -0.39 is 11.9 Å². The Labute approximate surface area is 115 Å². The molecule has 0 bridgehead atoms. The van der Waals surface area contributed by atoms with E-state index in [0.717, 1.165) is 6.42 Å². The zero-order valence-corrected chi connectivity index (χ0v) is 10.9. The number of hydrogen-bond donors (Lipinski definition) is 1. The summed E-state index contributed by atoms with van der Waals surface area (Å²) in [4.78, 5) is 22.6. The fourth-order valence-electron chi connectivity index (χ4n) is 1.63. The number of nitrogens with zero attached hydrogens (tertiary/aromatic N) is 2. The van der Waals surface area contributed by atoms with Crippen molar-refractivity contribution in [3.8, 4) is 5.69 Å². The van der Waals surface area contributed by atoms with Gasteiger partial charge in [-0.15, -0.1) is 0 Å². The van der Waals surface area contributed by atoms with Gasteiger partial charge in [-0.3, -0.25) is 0 Å². The quantitative estimate of drug-likeness (QED) is 0.845. The lowest BCUT2D eigenvalue weighted by atomic mass is 10.2. The Balaban J connectivity index is 2.24. The third kappa shape index (κ3) is 3.03. The molecule has 0 spiro atoms. The lowest BCUT2D eigenvalue weighted by molar-refractivity contribution is 0.0504. The zero-order chi connectivity index (χ0) is 14.5. The Morgan fingerprint density at radius 1 is 1.35 bits per heavy atom. The van der Waals surface area contributed by atoms with Gasteiger partial charge in [0.25, 0.3) is 0 Å². The summed E-state index contributed by atoms with van der Waals surface area (Å²) in [6.07, 6.45) is 3.40. The molecule has 0 atom stereocenters. The van der Waals surface area contributed by atoms with Crippen LogP contribution in [0, 0.1) is 0 Å². The van der Waals surface area contributed by atoms with E-state index in [-0.39, 0.29) is 5.56 Å². The van der Waals surface area contributed by atoms with Crippen molar-refractivity contribution in [1.82, 2.24) is 9.78 Å². The number of aromatic nitrogens is 2. The minimum atomic E-state index is -1.05. The third-order valence-electron chi connectivity index (χ3n) is 2.61. The Hall–Kier alpha value is -2.63. The standard InChI is InChI=1S/C14H14N2O4/c1-2-6-20-14(19)10-4-3-5-12(7-10)16-9-11(8-15-16)13(17)18/h3-5,7-9H,2,6H2,1H3,(H,17,18). The molecule has 20 heavy (non-hydrogen) atoms. The molecule has 2 rings (SSSR count). The summed E-state index contributed by atoms with van der Waals surface area (Å²) in [6.45, 7) is 2.29. The van der Waals surface area contributed by atoms with E-state index in [1.807, 2.05) is 6.92 Å². The number of benzene rings is 1. The van der Waals surface area contributed by atoms with Gasteiger partial charge >= 0.3 is 11.9 Å². The van der Waals surface area contributed by atoms with Crippen LogP contribution in [-0.2, 0) is 4.74 Å². The van der Waals surface area contributed by atoms with Crippen molar-refractivity contribution in [2.45, 2.75) is 13.3 Å². The molecule has 0 saturated carbocycles. The molecule has 0 aliphatic rings. The molecule has 0 radical (unpaired) electrons. The van der Waals surface area contributed by atoms with E-state index in [1.165, 1.54) is 17.1 Å². The van der Waals surface area contributed by atoms with Gasteiger partial charge in [0.05, 0.1) is 29.6 Å². The van der Waals surface area contributed by atoms with Crippen LogP contribution in [0.2, 0.25) is 0 Å². The predicted octanol–water partition coefficient (Wildman–Crippen LogP) is 2.14. The summed E-state index contributed by atoms with van der Waals surface area (Å²) in [6, 6.07) is 6.68. The zero-order valence-electron chi connectivity index (χ0n) is 10.9. The molecule has 2 aromatic rings. The lowest BCUT2D eigenvalue weighted by Crippen LogP contribution is -2.07. The van der Waals surface area contributed by atoms with Crippen LogP contribution >= 0.6 is 0 Å². The fraction of sp³-hybridized carbons (Fsp3) is 0.214. The first kappa shape index (κ1) is 13.8. The minimum absolute atomic E-state index is 0.0870. The normalized spacial score (nSPS) is 10.2. The van der Waals surface area contributed by atoms with Gasteiger partial charge in [-0.25, -0.2) is 14.3 Å². The largest absolute Gasteiger partial charge is 0.478 e. The number of carboxylic acid groups (broad SMARTS) is 1. The summed E-state index contributed by atoms with van der Waals surface area (Å²) in [5, 5.41) is 12.8. The van der Waals surface area contributed by atoms with E-state index >= 15 is 0 Å². The Morgan fingerprint density at radius 3 is 2.80 bits per heavy atom. The molecule has 0 saturated heterocycles. The number of aromatic carboxylic acids is 1. The van der Waals surface area contributed by atoms with Crippen LogP contribution < -0.4 is 0 Å². The SMILES string of the molecule is CCCOC(=O)c1cccc(-n2cc(C(=O)O)cn2)c1. The Morgan fingerprint density at radius 2 is 2.15 bits per heavy atom. The average Bonchev–Trinajstić information content (AvgIpc) is 2.95. The van der Waals surface area contributed by atoms with Crippen molar-refractivity contribution in [1.29, 1.82) is 0 Å². The third-order valence-corrected chi connectivity index (χ3v) is 2.61. The maximum Gasteiger partial charge on any atom is 0.338 e. The van der Waals surface area contributed by atoms with Gasteiger partial charge < -0.3 is 9.84 Å². The molecule has 104 valence electrons. The highest BCUT2D eigenvalue weighted by Gasteiger charge is 2.10. The number of esters is 1. The van der Waals surface area contributed by atoms with Crippen LogP contribution in [0.4, 0.5) is 0 Å². The van der Waals surface area contributed by atoms with E-state index in [1.54, 1.807) is 24.3 Å². The molecule has 6 nitrogen and oxygen atoms in total. The number of ether oxygens (including phenoxy) is 1. The van der Waals surface area contributed by atoms with Crippen molar-refractivity contribution in [2.75, 3.05) is 6.61 Å². The van der Waals surface area contributed by atoms with E-state index in [9.17, 15) is 9.59 Å². The summed E-state index contributed by atoms with van der Waals surface area (Å²) in [5.41, 5.74) is 1.09. The number of carboxylic acids is 1. The highest BCUT2D eigenvalue weighted by Crippen LogP contribution is 2.12. The topological polar surface area (TPSA) is 81.4 Å². The highest BCUT2D eigenvalue weighted by atomic mass is 16.5. The average molecular weight is 274 g/mol. The van der Waals surface area contributed by atoms with Gasteiger partial charge in [-0.2, -0.15) is 5.10 Å². The Bertz CT molecular complexity index is 634. The molecule has 0 fully saturated rings. The van der Waals surface area contributed by atoms with Crippen LogP contribution in [-0.4, -0.2) is 33.4 Å². The van der Waals surface area contributed by atoms with Crippen molar-refractivity contribution < 1.29 is 19.4 Å². The van der Waals surface area contributed by atoms with E-state index in [2.05, 4.69) is 5.10 Å². The molecule has 1 aromatic carbocycles. The molecular weight excluding hydrogens is 260 g/mol. The van der Waals surface area contributed by atoms with Gasteiger partial charge in [0.1, 0.15) is 0 Å². The molecule has 1 heterocycles. The van der Waals surface area contributed by atoms with Crippen molar-refractivity contribution in [3.63, 3.8) is 0 Å². The predicted molar refractivity (Wildman–Crippen MR) is 71.1 cm³/mol. The van der Waals surface area contributed by atoms with Crippen LogP contribution in [0.3, 0.4) is 0 Å². The van der Waals surface area contributed by atoms with Gasteiger partial charge in [0, 0.05) is 6.20 Å². The van der Waals surface area contributed by atoms with E-state index in [0.29, 0.717) is 17.9 Å². The summed E-state index contributed by atoms with van der Waals surface area (Å²) in [5.74, 6) is -1.45. The Kier molecular flexibility index (Phi) is 4.14. The van der Waals surface area contributed by atoms with Crippen LogP contribution in [0.15, 0.2) is 36.7 Å². The monoisotopic (exact) mass is 274 g/mol. The highest BCUT2D eigenvalue weighted by molar-refractivity contribution is 5.90. The maximum absolute atomic E-state index is 11.8. The molecule has 0 amide bonds. The molecule has 1 aromatic heterocycles. The summed E-state index contributed by atoms with van der Waals surface area (Å²) >= 11 is 0. The first-order valence-corrected chi connectivity index (χ1v) is 6.17. The van der Waals surface area contributed by atoms with Crippen LogP contribution in [0.1, 0.15) is 34.1 Å². The molecule has 0 aliphatic heterocycles. The molecule has 0 unspecified atom stereocenters. The second kappa shape index (κ2) is 6.01. The second-order valence-electron chi connectivity index (χ2n) is 4.16. The van der Waals surface area contributed by atoms with Gasteiger partial charge in [0.15, 0.2) is 0 Å². The number of carbonyl (C=O) groups is 2. The van der Waals surface area contributed by atoms with Gasteiger partial charge in [-0.05, 0) is 24.6 Å². The number of carbonyl (C=O) groups excluding carboxylic acids is 1. The smallest absolute Gasteiger partial charge is 0.338 e. The lowest BCUT2D eigenvalue weighted by Gasteiger charge is -2.05. The van der Waals surface area contributed by atoms with E-state index in [4.69, 9.17) is 9.84 Å². The van der Waals surface area contributed by atoms with Gasteiger partial charge in [0.2, 0.25) is 0 Å². The second-order valence-corrected chi connectivity index (χ2v) is 4.16. The minimum Gasteiger partial charge on any atom is -0.478 e. The van der Waals surface area contributed by atoms with Crippen LogP contribution in [0.25, 0.3) is 5.69 Å². The first-order chi connectivity index (χ1) is 9.61. The molecule has 0 aliphatic carbocycles.